The Morgan fingerprint density at radius 1 is 1.58 bits per heavy atom. The fourth-order valence-electron chi connectivity index (χ4n) is 1.91. The van der Waals surface area contributed by atoms with Crippen molar-refractivity contribution >= 4 is 34.4 Å². The molecule has 0 saturated carbocycles. The molecular formula is C11H15ClN6O. The lowest BCUT2D eigenvalue weighted by Crippen LogP contribution is -2.34. The third-order valence-corrected chi connectivity index (χ3v) is 3.03. The number of rotatable bonds is 4. The van der Waals surface area contributed by atoms with Crippen LogP contribution in [-0.2, 0) is 4.79 Å². The van der Waals surface area contributed by atoms with E-state index in [-0.39, 0.29) is 17.1 Å². The topological polar surface area (TPSA) is 86.8 Å². The smallest absolute Gasteiger partial charge is 0.226 e. The Balaban J connectivity index is 2.28. The summed E-state index contributed by atoms with van der Waals surface area (Å²) in [6.45, 7) is 2.37. The SMILES string of the molecule is CNC(=O)C(C)CN(C)c1nc(Cl)nc2[nH]ncc12. The highest BCUT2D eigenvalue weighted by atomic mass is 35.5. The quantitative estimate of drug-likeness (QED) is 0.811. The van der Waals surface area contributed by atoms with Crippen molar-refractivity contribution in [2.45, 2.75) is 6.92 Å². The summed E-state index contributed by atoms with van der Waals surface area (Å²) >= 11 is 5.88. The molecule has 0 saturated heterocycles. The first kappa shape index (κ1) is 13.5. The lowest BCUT2D eigenvalue weighted by molar-refractivity contribution is -0.123. The van der Waals surface area contributed by atoms with Gasteiger partial charge in [0.15, 0.2) is 5.65 Å². The first-order valence-electron chi connectivity index (χ1n) is 5.82. The highest BCUT2D eigenvalue weighted by Gasteiger charge is 2.18. The van der Waals surface area contributed by atoms with Crippen molar-refractivity contribution < 1.29 is 4.79 Å². The molecule has 0 aliphatic carbocycles. The van der Waals surface area contributed by atoms with Crippen molar-refractivity contribution in [1.29, 1.82) is 0 Å². The molecule has 0 spiro atoms. The number of aromatic amines is 1. The van der Waals surface area contributed by atoms with E-state index in [2.05, 4.69) is 25.5 Å². The van der Waals surface area contributed by atoms with Crippen LogP contribution >= 0.6 is 11.6 Å². The molecule has 2 aromatic heterocycles. The molecular weight excluding hydrogens is 268 g/mol. The summed E-state index contributed by atoms with van der Waals surface area (Å²) in [5.41, 5.74) is 0.578. The number of nitrogens with one attached hydrogen (secondary N) is 2. The van der Waals surface area contributed by atoms with Gasteiger partial charge in [-0.15, -0.1) is 0 Å². The van der Waals surface area contributed by atoms with Crippen LogP contribution in [0.3, 0.4) is 0 Å². The highest BCUT2D eigenvalue weighted by Crippen LogP contribution is 2.23. The molecule has 0 aromatic carbocycles. The van der Waals surface area contributed by atoms with E-state index < -0.39 is 0 Å². The zero-order valence-corrected chi connectivity index (χ0v) is 11.7. The number of hydrogen-bond acceptors (Lipinski definition) is 5. The summed E-state index contributed by atoms with van der Waals surface area (Å²) in [5, 5.41) is 10.2. The van der Waals surface area contributed by atoms with E-state index in [1.807, 2.05) is 18.9 Å². The van der Waals surface area contributed by atoms with E-state index >= 15 is 0 Å². The number of aromatic nitrogens is 4. The number of anilines is 1. The zero-order valence-electron chi connectivity index (χ0n) is 10.9. The van der Waals surface area contributed by atoms with Gasteiger partial charge in [-0.2, -0.15) is 15.1 Å². The summed E-state index contributed by atoms with van der Waals surface area (Å²) in [6.07, 6.45) is 1.64. The molecule has 0 aliphatic heterocycles. The van der Waals surface area contributed by atoms with Crippen molar-refractivity contribution in [2.75, 3.05) is 25.5 Å². The molecule has 19 heavy (non-hydrogen) atoms. The summed E-state index contributed by atoms with van der Waals surface area (Å²) in [4.78, 5) is 21.7. The van der Waals surface area contributed by atoms with Gasteiger partial charge in [-0.1, -0.05) is 6.92 Å². The molecule has 0 aliphatic rings. The van der Waals surface area contributed by atoms with Gasteiger partial charge in [0, 0.05) is 20.6 Å². The Labute approximate surface area is 115 Å². The Bertz CT molecular complexity index is 598. The van der Waals surface area contributed by atoms with Gasteiger partial charge >= 0.3 is 0 Å². The number of hydrogen-bond donors (Lipinski definition) is 2. The second-order valence-electron chi connectivity index (χ2n) is 4.34. The summed E-state index contributed by atoms with van der Waals surface area (Å²) < 4.78 is 0. The van der Waals surface area contributed by atoms with Crippen LogP contribution in [0.5, 0.6) is 0 Å². The van der Waals surface area contributed by atoms with Crippen molar-refractivity contribution in [2.24, 2.45) is 5.92 Å². The van der Waals surface area contributed by atoms with Gasteiger partial charge in [0.2, 0.25) is 11.2 Å². The first-order chi connectivity index (χ1) is 9.02. The fraction of sp³-hybridized carbons (Fsp3) is 0.455. The number of nitrogens with zero attached hydrogens (tertiary/aromatic N) is 4. The third kappa shape index (κ3) is 2.76. The maximum absolute atomic E-state index is 11.5. The normalized spacial score (nSPS) is 12.4. The van der Waals surface area contributed by atoms with E-state index in [1.165, 1.54) is 0 Å². The fourth-order valence-corrected chi connectivity index (χ4v) is 2.08. The molecule has 0 bridgehead atoms. The van der Waals surface area contributed by atoms with Gasteiger partial charge in [0.25, 0.3) is 0 Å². The third-order valence-electron chi connectivity index (χ3n) is 2.87. The van der Waals surface area contributed by atoms with Crippen LogP contribution in [0.2, 0.25) is 5.28 Å². The first-order valence-corrected chi connectivity index (χ1v) is 6.20. The van der Waals surface area contributed by atoms with E-state index in [0.717, 1.165) is 5.39 Å². The monoisotopic (exact) mass is 282 g/mol. The minimum absolute atomic E-state index is 0.0181. The van der Waals surface area contributed by atoms with Crippen LogP contribution < -0.4 is 10.2 Å². The molecule has 2 N–H and O–H groups in total. The van der Waals surface area contributed by atoms with E-state index in [9.17, 15) is 4.79 Å². The minimum Gasteiger partial charge on any atom is -0.359 e. The van der Waals surface area contributed by atoms with Gasteiger partial charge in [0.05, 0.1) is 17.5 Å². The van der Waals surface area contributed by atoms with E-state index in [0.29, 0.717) is 18.0 Å². The summed E-state index contributed by atoms with van der Waals surface area (Å²) in [7, 11) is 3.47. The summed E-state index contributed by atoms with van der Waals surface area (Å²) in [5.74, 6) is 0.473. The lowest BCUT2D eigenvalue weighted by atomic mass is 10.1. The lowest BCUT2D eigenvalue weighted by Gasteiger charge is -2.22. The van der Waals surface area contributed by atoms with Gasteiger partial charge in [0.1, 0.15) is 5.82 Å². The predicted molar refractivity (Wildman–Crippen MR) is 73.2 cm³/mol. The largest absolute Gasteiger partial charge is 0.359 e. The zero-order chi connectivity index (χ0) is 14.0. The summed E-state index contributed by atoms with van der Waals surface area (Å²) in [6, 6.07) is 0. The number of carbonyl (C=O) groups excluding carboxylic acids is 1. The van der Waals surface area contributed by atoms with Crippen LogP contribution in [0.25, 0.3) is 11.0 Å². The van der Waals surface area contributed by atoms with Crippen LogP contribution in [0.15, 0.2) is 6.20 Å². The van der Waals surface area contributed by atoms with E-state index in [4.69, 9.17) is 11.6 Å². The second kappa shape index (κ2) is 5.40. The van der Waals surface area contributed by atoms with Gasteiger partial charge in [-0.05, 0) is 11.6 Å². The molecule has 0 fully saturated rings. The Morgan fingerprint density at radius 2 is 2.32 bits per heavy atom. The Hall–Kier alpha value is -1.89. The van der Waals surface area contributed by atoms with Crippen LogP contribution in [0.1, 0.15) is 6.92 Å². The number of carbonyl (C=O) groups is 1. The average Bonchev–Trinajstić information content (AvgIpc) is 2.84. The van der Waals surface area contributed by atoms with Gasteiger partial charge in [-0.25, -0.2) is 0 Å². The number of amides is 1. The van der Waals surface area contributed by atoms with Crippen LogP contribution in [-0.4, -0.2) is 46.7 Å². The number of fused-ring (bicyclic) bond motifs is 1. The molecule has 0 radical (unpaired) electrons. The molecule has 2 heterocycles. The maximum atomic E-state index is 11.5. The van der Waals surface area contributed by atoms with Crippen LogP contribution in [0.4, 0.5) is 5.82 Å². The Kier molecular flexibility index (Phi) is 3.84. The second-order valence-corrected chi connectivity index (χ2v) is 4.68. The number of halogens is 1. The van der Waals surface area contributed by atoms with Crippen molar-refractivity contribution in [3.05, 3.63) is 11.5 Å². The van der Waals surface area contributed by atoms with Crippen LogP contribution in [0, 0.1) is 5.92 Å². The highest BCUT2D eigenvalue weighted by molar-refractivity contribution is 6.28. The van der Waals surface area contributed by atoms with Gasteiger partial charge in [-0.3, -0.25) is 9.89 Å². The molecule has 1 amide bonds. The number of H-pyrrole nitrogens is 1. The maximum Gasteiger partial charge on any atom is 0.226 e. The molecule has 102 valence electrons. The molecule has 1 unspecified atom stereocenters. The standard InChI is InChI=1S/C11H15ClN6O/c1-6(10(19)13-2)5-18(3)9-7-4-14-17-8(7)15-11(12)16-9/h4,6H,5H2,1-3H3,(H,13,19)(H,14,15,16,17). The molecule has 1 atom stereocenters. The molecule has 2 rings (SSSR count). The average molecular weight is 283 g/mol. The van der Waals surface area contributed by atoms with E-state index in [1.54, 1.807) is 13.2 Å². The minimum atomic E-state index is -0.161. The van der Waals surface area contributed by atoms with Crippen molar-refractivity contribution in [3.63, 3.8) is 0 Å². The molecule has 8 heteroatoms. The van der Waals surface area contributed by atoms with Gasteiger partial charge < -0.3 is 10.2 Å². The van der Waals surface area contributed by atoms with Crippen molar-refractivity contribution in [3.8, 4) is 0 Å². The molecule has 7 nitrogen and oxygen atoms in total. The van der Waals surface area contributed by atoms with Crippen molar-refractivity contribution in [1.82, 2.24) is 25.5 Å². The Morgan fingerprint density at radius 3 is 3.00 bits per heavy atom. The predicted octanol–water partition coefficient (Wildman–Crippen LogP) is 0.825. The molecule has 2 aromatic rings.